The van der Waals surface area contributed by atoms with Gasteiger partial charge in [0, 0.05) is 5.39 Å². The van der Waals surface area contributed by atoms with E-state index in [4.69, 9.17) is 10.5 Å². The van der Waals surface area contributed by atoms with Crippen molar-refractivity contribution in [3.05, 3.63) is 29.8 Å². The monoisotopic (exact) mass is 330 g/mol. The third kappa shape index (κ3) is 2.77. The number of hydrogen-bond acceptors (Lipinski definition) is 5. The second-order valence-electron chi connectivity index (χ2n) is 5.76. The maximum Gasteiger partial charge on any atom is 0.326 e. The number of esters is 1. The summed E-state index contributed by atoms with van der Waals surface area (Å²) in [5, 5.41) is 1.15. The predicted octanol–water partition coefficient (Wildman–Crippen LogP) is 2.96. The minimum Gasteiger partial charge on any atom is -0.464 e. The number of carbonyl (C=O) groups is 1. The van der Waals surface area contributed by atoms with E-state index < -0.39 is 11.8 Å². The SMILES string of the molecule is CCCCOC(=O)Cn1c2ncnc(N)c2c2cc(C)cc(F)c21. The van der Waals surface area contributed by atoms with E-state index in [1.165, 1.54) is 17.0 Å². The molecule has 1 aromatic carbocycles. The number of halogens is 1. The van der Waals surface area contributed by atoms with Gasteiger partial charge in [-0.3, -0.25) is 4.79 Å². The quantitative estimate of drug-likeness (QED) is 0.574. The van der Waals surface area contributed by atoms with Crippen LogP contribution in [0.2, 0.25) is 0 Å². The lowest BCUT2D eigenvalue weighted by atomic mass is 10.1. The number of rotatable bonds is 5. The van der Waals surface area contributed by atoms with E-state index in [-0.39, 0.29) is 17.9 Å². The van der Waals surface area contributed by atoms with Crippen molar-refractivity contribution in [1.82, 2.24) is 14.5 Å². The Kier molecular flexibility index (Phi) is 4.33. The predicted molar refractivity (Wildman–Crippen MR) is 90.0 cm³/mol. The summed E-state index contributed by atoms with van der Waals surface area (Å²) >= 11 is 0. The molecule has 0 aliphatic carbocycles. The molecule has 3 aromatic rings. The average Bonchev–Trinajstić information content (AvgIpc) is 2.83. The molecular weight excluding hydrogens is 311 g/mol. The number of benzene rings is 1. The van der Waals surface area contributed by atoms with Crippen LogP contribution in [0.15, 0.2) is 18.5 Å². The lowest BCUT2D eigenvalue weighted by Crippen LogP contribution is -2.15. The van der Waals surface area contributed by atoms with Gasteiger partial charge in [0.2, 0.25) is 0 Å². The molecule has 0 bridgehead atoms. The molecule has 0 atom stereocenters. The van der Waals surface area contributed by atoms with Crippen molar-refractivity contribution in [2.45, 2.75) is 33.2 Å². The summed E-state index contributed by atoms with van der Waals surface area (Å²) in [6, 6.07) is 3.24. The number of hydrogen-bond donors (Lipinski definition) is 1. The van der Waals surface area contributed by atoms with E-state index in [9.17, 15) is 9.18 Å². The molecule has 24 heavy (non-hydrogen) atoms. The van der Waals surface area contributed by atoms with Gasteiger partial charge >= 0.3 is 5.97 Å². The summed E-state index contributed by atoms with van der Waals surface area (Å²) in [5.74, 6) is -0.601. The third-order valence-electron chi connectivity index (χ3n) is 3.91. The van der Waals surface area contributed by atoms with Gasteiger partial charge in [0.25, 0.3) is 0 Å². The zero-order chi connectivity index (χ0) is 17.3. The van der Waals surface area contributed by atoms with Crippen LogP contribution in [0, 0.1) is 12.7 Å². The molecule has 3 rings (SSSR count). The zero-order valence-corrected chi connectivity index (χ0v) is 13.7. The minimum atomic E-state index is -0.431. The highest BCUT2D eigenvalue weighted by atomic mass is 19.1. The number of carbonyl (C=O) groups excluding carboxylic acids is 1. The van der Waals surface area contributed by atoms with E-state index in [2.05, 4.69) is 9.97 Å². The number of anilines is 1. The Morgan fingerprint density at radius 1 is 1.38 bits per heavy atom. The van der Waals surface area contributed by atoms with Crippen molar-refractivity contribution in [2.75, 3.05) is 12.3 Å². The lowest BCUT2D eigenvalue weighted by molar-refractivity contribution is -0.144. The van der Waals surface area contributed by atoms with Crippen molar-refractivity contribution in [3.63, 3.8) is 0 Å². The largest absolute Gasteiger partial charge is 0.464 e. The van der Waals surface area contributed by atoms with Crippen molar-refractivity contribution < 1.29 is 13.9 Å². The number of ether oxygens (including phenoxy) is 1. The number of nitrogens with two attached hydrogens (primary N) is 1. The normalized spacial score (nSPS) is 11.3. The molecule has 7 heteroatoms. The molecule has 0 amide bonds. The number of unbranched alkanes of at least 4 members (excludes halogenated alkanes) is 1. The molecule has 0 fully saturated rings. The van der Waals surface area contributed by atoms with Crippen LogP contribution in [0.1, 0.15) is 25.3 Å². The fourth-order valence-corrected chi connectivity index (χ4v) is 2.82. The molecule has 2 N–H and O–H groups in total. The summed E-state index contributed by atoms with van der Waals surface area (Å²) in [6.45, 7) is 4.04. The smallest absolute Gasteiger partial charge is 0.326 e. The first-order chi connectivity index (χ1) is 11.5. The van der Waals surface area contributed by atoms with Crippen LogP contribution in [0.25, 0.3) is 21.9 Å². The van der Waals surface area contributed by atoms with E-state index in [0.717, 1.165) is 18.4 Å². The van der Waals surface area contributed by atoms with E-state index in [1.54, 1.807) is 6.92 Å². The molecule has 0 unspecified atom stereocenters. The fraction of sp³-hybridized carbons (Fsp3) is 0.353. The number of nitrogens with zero attached hydrogens (tertiary/aromatic N) is 3. The zero-order valence-electron chi connectivity index (χ0n) is 13.7. The van der Waals surface area contributed by atoms with E-state index >= 15 is 0 Å². The molecule has 0 radical (unpaired) electrons. The Hall–Kier alpha value is -2.70. The lowest BCUT2D eigenvalue weighted by Gasteiger charge is -2.08. The molecule has 0 saturated heterocycles. The van der Waals surface area contributed by atoms with E-state index in [1.807, 2.05) is 13.0 Å². The average molecular weight is 330 g/mol. The van der Waals surface area contributed by atoms with Crippen LogP contribution in [0.4, 0.5) is 10.2 Å². The van der Waals surface area contributed by atoms with Gasteiger partial charge in [-0.2, -0.15) is 0 Å². The van der Waals surface area contributed by atoms with Gasteiger partial charge in [0.1, 0.15) is 30.2 Å². The minimum absolute atomic E-state index is 0.125. The van der Waals surface area contributed by atoms with Gasteiger partial charge in [-0.1, -0.05) is 13.3 Å². The highest BCUT2D eigenvalue weighted by Gasteiger charge is 2.20. The Bertz CT molecular complexity index is 920. The Balaban J connectivity index is 2.15. The number of aryl methyl sites for hydroxylation is 1. The first kappa shape index (κ1) is 16.2. The number of aromatic nitrogens is 3. The van der Waals surface area contributed by atoms with Crippen LogP contribution in [0.5, 0.6) is 0 Å². The maximum atomic E-state index is 14.6. The molecule has 2 heterocycles. The molecular formula is C17H19FN4O2. The Morgan fingerprint density at radius 3 is 2.92 bits per heavy atom. The highest BCUT2D eigenvalue weighted by molar-refractivity contribution is 6.12. The summed E-state index contributed by atoms with van der Waals surface area (Å²) in [4.78, 5) is 20.3. The van der Waals surface area contributed by atoms with Crippen LogP contribution in [-0.2, 0) is 16.1 Å². The Morgan fingerprint density at radius 2 is 2.17 bits per heavy atom. The van der Waals surface area contributed by atoms with Gasteiger partial charge in [-0.05, 0) is 31.0 Å². The number of nitrogen functional groups attached to an aromatic ring is 1. The highest BCUT2D eigenvalue weighted by Crippen LogP contribution is 2.33. The van der Waals surface area contributed by atoms with Crippen LogP contribution >= 0.6 is 0 Å². The van der Waals surface area contributed by atoms with Gasteiger partial charge in [-0.25, -0.2) is 14.4 Å². The van der Waals surface area contributed by atoms with Gasteiger partial charge in [0.15, 0.2) is 0 Å². The number of fused-ring (bicyclic) bond motifs is 3. The summed E-state index contributed by atoms with van der Waals surface area (Å²) < 4.78 is 21.3. The summed E-state index contributed by atoms with van der Waals surface area (Å²) in [6.07, 6.45) is 3.03. The first-order valence-electron chi connectivity index (χ1n) is 7.87. The van der Waals surface area contributed by atoms with Gasteiger partial charge < -0.3 is 15.0 Å². The van der Waals surface area contributed by atoms with Crippen LogP contribution in [-0.4, -0.2) is 27.1 Å². The van der Waals surface area contributed by atoms with E-state index in [0.29, 0.717) is 23.0 Å². The topological polar surface area (TPSA) is 83.0 Å². The second-order valence-corrected chi connectivity index (χ2v) is 5.76. The van der Waals surface area contributed by atoms with Crippen molar-refractivity contribution >= 4 is 33.7 Å². The maximum absolute atomic E-state index is 14.6. The Labute approximate surface area is 138 Å². The molecule has 126 valence electrons. The van der Waals surface area contributed by atoms with Gasteiger partial charge in [-0.15, -0.1) is 0 Å². The van der Waals surface area contributed by atoms with Gasteiger partial charge in [0.05, 0.1) is 17.5 Å². The molecule has 0 aliphatic rings. The van der Waals surface area contributed by atoms with Crippen LogP contribution < -0.4 is 5.73 Å². The fourth-order valence-electron chi connectivity index (χ4n) is 2.82. The second kappa shape index (κ2) is 6.43. The van der Waals surface area contributed by atoms with Crippen molar-refractivity contribution in [3.8, 4) is 0 Å². The molecule has 2 aromatic heterocycles. The van der Waals surface area contributed by atoms with Crippen LogP contribution in [0.3, 0.4) is 0 Å². The molecule has 0 saturated carbocycles. The molecule has 6 nitrogen and oxygen atoms in total. The van der Waals surface area contributed by atoms with Crippen molar-refractivity contribution in [1.29, 1.82) is 0 Å². The first-order valence-corrected chi connectivity index (χ1v) is 7.87. The molecule has 0 aliphatic heterocycles. The third-order valence-corrected chi connectivity index (χ3v) is 3.91. The summed E-state index contributed by atoms with van der Waals surface area (Å²) in [7, 11) is 0. The molecule has 0 spiro atoms. The standard InChI is InChI=1S/C17H19FN4O2/c1-3-4-5-24-13(23)8-22-15-11(6-10(2)7-12(15)18)14-16(19)20-9-21-17(14)22/h6-7,9H,3-5,8H2,1-2H3,(H2,19,20,21). The summed E-state index contributed by atoms with van der Waals surface area (Å²) in [5.41, 5.74) is 7.43. The van der Waals surface area contributed by atoms with Crippen molar-refractivity contribution in [2.24, 2.45) is 0 Å².